The number of benzene rings is 1. The molecule has 0 aromatic heterocycles. The zero-order chi connectivity index (χ0) is 13.1. The summed E-state index contributed by atoms with van der Waals surface area (Å²) in [5.74, 6) is -0.904. The lowest BCUT2D eigenvalue weighted by atomic mass is 10.0. The van der Waals surface area contributed by atoms with Gasteiger partial charge >= 0.3 is 5.97 Å². The molecule has 1 aromatic carbocycles. The molecule has 1 aliphatic heterocycles. The Hall–Kier alpha value is -1.49. The predicted octanol–water partition coefficient (Wildman–Crippen LogP) is 1.60. The highest BCUT2D eigenvalue weighted by Crippen LogP contribution is 2.29. The minimum atomic E-state index is -1.00. The summed E-state index contributed by atoms with van der Waals surface area (Å²) >= 11 is 4.19. The average molecular weight is 265 g/mol. The molecule has 1 aromatic rings. The first-order valence-corrected chi connectivity index (χ1v) is 6.48. The summed E-state index contributed by atoms with van der Waals surface area (Å²) in [5.41, 5.74) is 1.74. The molecule has 5 heteroatoms. The van der Waals surface area contributed by atoms with E-state index in [1.807, 2.05) is 18.2 Å². The average Bonchev–Trinajstić information content (AvgIpc) is 2.48. The van der Waals surface area contributed by atoms with Crippen molar-refractivity contribution in [2.24, 2.45) is 5.92 Å². The fourth-order valence-corrected chi connectivity index (χ4v) is 2.58. The van der Waals surface area contributed by atoms with Crippen LogP contribution in [-0.4, -0.2) is 29.3 Å². The molecule has 0 spiro atoms. The number of carboxylic acids is 1. The molecule has 0 bridgehead atoms. The summed E-state index contributed by atoms with van der Waals surface area (Å²) in [7, 11) is 0. The van der Waals surface area contributed by atoms with Crippen LogP contribution in [0.3, 0.4) is 0 Å². The monoisotopic (exact) mass is 265 g/mol. The van der Waals surface area contributed by atoms with Gasteiger partial charge in [0.25, 0.3) is 0 Å². The number of para-hydroxylation sites is 1. The fourth-order valence-electron chi connectivity index (χ4n) is 2.25. The molecule has 1 heterocycles. The molecule has 18 heavy (non-hydrogen) atoms. The van der Waals surface area contributed by atoms with Gasteiger partial charge in [-0.3, -0.25) is 9.59 Å². The number of fused-ring (bicyclic) bond motifs is 1. The van der Waals surface area contributed by atoms with Crippen LogP contribution in [0, 0.1) is 5.92 Å². The highest BCUT2D eigenvalue weighted by atomic mass is 32.1. The van der Waals surface area contributed by atoms with E-state index >= 15 is 0 Å². The van der Waals surface area contributed by atoms with Gasteiger partial charge in [-0.2, -0.15) is 12.6 Å². The van der Waals surface area contributed by atoms with Crippen LogP contribution in [0.25, 0.3) is 0 Å². The van der Waals surface area contributed by atoms with E-state index in [4.69, 9.17) is 5.11 Å². The van der Waals surface area contributed by atoms with Crippen molar-refractivity contribution in [2.45, 2.75) is 12.8 Å². The van der Waals surface area contributed by atoms with Gasteiger partial charge in [0.15, 0.2) is 0 Å². The van der Waals surface area contributed by atoms with Gasteiger partial charge < -0.3 is 10.0 Å². The molecule has 2 rings (SSSR count). The molecule has 1 atom stereocenters. The second kappa shape index (κ2) is 5.44. The predicted molar refractivity (Wildman–Crippen MR) is 72.1 cm³/mol. The first kappa shape index (κ1) is 13.0. The number of nitrogens with zero attached hydrogens (tertiary/aromatic N) is 1. The van der Waals surface area contributed by atoms with Gasteiger partial charge in [0.1, 0.15) is 6.54 Å². The van der Waals surface area contributed by atoms with E-state index in [9.17, 15) is 9.59 Å². The summed E-state index contributed by atoms with van der Waals surface area (Å²) in [4.78, 5) is 24.6. The molecule has 0 aliphatic carbocycles. The van der Waals surface area contributed by atoms with Crippen molar-refractivity contribution < 1.29 is 14.7 Å². The second-order valence-corrected chi connectivity index (χ2v) is 4.73. The number of thiol groups is 1. The summed E-state index contributed by atoms with van der Waals surface area (Å²) < 4.78 is 0. The zero-order valence-electron chi connectivity index (χ0n) is 9.87. The third-order valence-corrected chi connectivity index (χ3v) is 3.61. The van der Waals surface area contributed by atoms with Crippen LogP contribution in [0.4, 0.5) is 5.69 Å². The Labute approximate surface area is 111 Å². The Morgan fingerprint density at radius 1 is 1.44 bits per heavy atom. The van der Waals surface area contributed by atoms with Crippen LogP contribution in [0.15, 0.2) is 24.3 Å². The molecular weight excluding hydrogens is 250 g/mol. The summed E-state index contributed by atoms with van der Waals surface area (Å²) in [6.07, 6.45) is 1.50. The number of aliphatic carboxylic acids is 1. The van der Waals surface area contributed by atoms with E-state index in [1.54, 1.807) is 6.07 Å². The molecule has 4 nitrogen and oxygen atoms in total. The molecule has 96 valence electrons. The van der Waals surface area contributed by atoms with Crippen LogP contribution in [-0.2, 0) is 16.0 Å². The van der Waals surface area contributed by atoms with Crippen LogP contribution in [0.2, 0.25) is 0 Å². The first-order chi connectivity index (χ1) is 8.63. The summed E-state index contributed by atoms with van der Waals surface area (Å²) in [5, 5.41) is 8.95. The topological polar surface area (TPSA) is 57.6 Å². The van der Waals surface area contributed by atoms with E-state index in [2.05, 4.69) is 12.6 Å². The molecule has 0 unspecified atom stereocenters. The Bertz CT molecular complexity index is 475. The molecule has 0 saturated carbocycles. The maximum atomic E-state index is 12.3. The Morgan fingerprint density at radius 2 is 2.17 bits per heavy atom. The van der Waals surface area contributed by atoms with Gasteiger partial charge in [-0.25, -0.2) is 0 Å². The normalized spacial score (nSPS) is 19.3. The second-order valence-electron chi connectivity index (χ2n) is 4.37. The summed E-state index contributed by atoms with van der Waals surface area (Å²) in [6, 6.07) is 7.47. The molecule has 1 amide bonds. The highest BCUT2D eigenvalue weighted by Gasteiger charge is 2.30. The van der Waals surface area contributed by atoms with Crippen LogP contribution < -0.4 is 4.90 Å². The quantitative estimate of drug-likeness (QED) is 0.816. The van der Waals surface area contributed by atoms with E-state index in [0.29, 0.717) is 11.4 Å². The SMILES string of the molecule is O=C(O)CN1C(=O)[C@@H](CS)CCc2ccccc21. The molecule has 0 saturated heterocycles. The molecule has 1 N–H and O–H groups in total. The molecule has 0 radical (unpaired) electrons. The van der Waals surface area contributed by atoms with E-state index in [0.717, 1.165) is 18.4 Å². The van der Waals surface area contributed by atoms with Crippen LogP contribution >= 0.6 is 12.6 Å². The zero-order valence-corrected chi connectivity index (χ0v) is 10.8. The smallest absolute Gasteiger partial charge is 0.323 e. The Morgan fingerprint density at radius 3 is 2.83 bits per heavy atom. The maximum absolute atomic E-state index is 12.3. The number of carbonyl (C=O) groups excluding carboxylic acids is 1. The van der Waals surface area contributed by atoms with Crippen molar-refractivity contribution in [1.82, 2.24) is 0 Å². The van der Waals surface area contributed by atoms with Crippen molar-refractivity contribution >= 4 is 30.2 Å². The minimum Gasteiger partial charge on any atom is -0.480 e. The summed E-state index contributed by atoms with van der Waals surface area (Å²) in [6.45, 7) is -0.292. The lowest BCUT2D eigenvalue weighted by molar-refractivity contribution is -0.137. The van der Waals surface area contributed by atoms with Gasteiger partial charge in [0.05, 0.1) is 0 Å². The first-order valence-electron chi connectivity index (χ1n) is 5.85. The minimum absolute atomic E-state index is 0.141. The van der Waals surface area contributed by atoms with Gasteiger partial charge in [0, 0.05) is 17.4 Å². The van der Waals surface area contributed by atoms with E-state index in [1.165, 1.54) is 4.90 Å². The lowest BCUT2D eigenvalue weighted by Gasteiger charge is -2.23. The van der Waals surface area contributed by atoms with Crippen molar-refractivity contribution in [1.29, 1.82) is 0 Å². The Balaban J connectivity index is 2.41. The van der Waals surface area contributed by atoms with Gasteiger partial charge in [0.2, 0.25) is 5.91 Å². The molecule has 1 aliphatic rings. The van der Waals surface area contributed by atoms with E-state index < -0.39 is 5.97 Å². The fraction of sp³-hybridized carbons (Fsp3) is 0.385. The van der Waals surface area contributed by atoms with Crippen molar-refractivity contribution in [3.05, 3.63) is 29.8 Å². The van der Waals surface area contributed by atoms with Crippen LogP contribution in [0.1, 0.15) is 12.0 Å². The standard InChI is InChI=1S/C13H15NO3S/c15-12(16)7-14-11-4-2-1-3-9(11)5-6-10(8-18)13(14)17/h1-4,10,18H,5-8H2,(H,15,16)/t10-/m1/s1. The number of hydrogen-bond donors (Lipinski definition) is 2. The maximum Gasteiger partial charge on any atom is 0.323 e. The Kier molecular flexibility index (Phi) is 3.91. The molecule has 0 fully saturated rings. The van der Waals surface area contributed by atoms with Crippen molar-refractivity contribution in [3.63, 3.8) is 0 Å². The molecular formula is C13H15NO3S. The lowest BCUT2D eigenvalue weighted by Crippen LogP contribution is -2.39. The highest BCUT2D eigenvalue weighted by molar-refractivity contribution is 7.80. The van der Waals surface area contributed by atoms with Crippen molar-refractivity contribution in [3.8, 4) is 0 Å². The number of rotatable bonds is 3. The van der Waals surface area contributed by atoms with Crippen molar-refractivity contribution in [2.75, 3.05) is 17.2 Å². The number of aryl methyl sites for hydroxylation is 1. The number of anilines is 1. The number of hydrogen-bond acceptors (Lipinski definition) is 3. The van der Waals surface area contributed by atoms with Crippen LogP contribution in [0.5, 0.6) is 0 Å². The van der Waals surface area contributed by atoms with Gasteiger partial charge in [-0.05, 0) is 24.5 Å². The largest absolute Gasteiger partial charge is 0.480 e. The number of carbonyl (C=O) groups is 2. The van der Waals surface area contributed by atoms with Gasteiger partial charge in [-0.1, -0.05) is 18.2 Å². The van der Waals surface area contributed by atoms with Gasteiger partial charge in [-0.15, -0.1) is 0 Å². The number of carboxylic acid groups (broad SMARTS) is 1. The third-order valence-electron chi connectivity index (χ3n) is 3.17. The number of amides is 1. The van der Waals surface area contributed by atoms with E-state index in [-0.39, 0.29) is 18.4 Å². The third kappa shape index (κ3) is 2.51.